The summed E-state index contributed by atoms with van der Waals surface area (Å²) in [5, 5.41) is 11.7. The highest BCUT2D eigenvalue weighted by Gasteiger charge is 2.05. The molecule has 3 N–H and O–H groups in total. The molecule has 2 aromatic carbocycles. The van der Waals surface area contributed by atoms with Crippen molar-refractivity contribution >= 4 is 11.5 Å². The van der Waals surface area contributed by atoms with E-state index in [1.807, 2.05) is 30.1 Å². The largest absolute Gasteiger partial charge is 0.409 e. The predicted molar refractivity (Wildman–Crippen MR) is 77.5 cm³/mol. The normalized spacial score (nSPS) is 11.4. The van der Waals surface area contributed by atoms with Gasteiger partial charge in [-0.05, 0) is 35.9 Å². The fourth-order valence-corrected chi connectivity index (χ4v) is 1.95. The van der Waals surface area contributed by atoms with Crippen LogP contribution in [0.1, 0.15) is 11.1 Å². The van der Waals surface area contributed by atoms with Crippen LogP contribution in [0.2, 0.25) is 0 Å². The molecule has 104 valence electrons. The highest BCUT2D eigenvalue weighted by molar-refractivity contribution is 5.97. The smallest absolute Gasteiger partial charge is 0.170 e. The Morgan fingerprint density at radius 1 is 1.25 bits per heavy atom. The van der Waals surface area contributed by atoms with Gasteiger partial charge in [0, 0.05) is 24.8 Å². The third-order valence-corrected chi connectivity index (χ3v) is 3.02. The quantitative estimate of drug-likeness (QED) is 0.389. The van der Waals surface area contributed by atoms with Crippen LogP contribution in [0.15, 0.2) is 53.7 Å². The Balaban J connectivity index is 2.15. The number of nitrogens with two attached hydrogens (primary N) is 1. The topological polar surface area (TPSA) is 61.8 Å². The fourth-order valence-electron chi connectivity index (χ4n) is 1.95. The molecule has 0 saturated heterocycles. The van der Waals surface area contributed by atoms with Crippen molar-refractivity contribution in [3.63, 3.8) is 0 Å². The van der Waals surface area contributed by atoms with E-state index in [2.05, 4.69) is 5.16 Å². The number of benzene rings is 2. The minimum absolute atomic E-state index is 0.0799. The summed E-state index contributed by atoms with van der Waals surface area (Å²) in [6.45, 7) is 0.637. The van der Waals surface area contributed by atoms with E-state index < -0.39 is 0 Å². The van der Waals surface area contributed by atoms with Crippen molar-refractivity contribution in [1.82, 2.24) is 0 Å². The summed E-state index contributed by atoms with van der Waals surface area (Å²) in [5.41, 5.74) is 8.16. The van der Waals surface area contributed by atoms with Crippen LogP contribution in [-0.4, -0.2) is 18.1 Å². The molecule has 0 aliphatic heterocycles. The van der Waals surface area contributed by atoms with Gasteiger partial charge in [0.25, 0.3) is 0 Å². The Bertz CT molecular complexity index is 611. The molecule has 0 fully saturated rings. The average Bonchev–Trinajstić information content (AvgIpc) is 2.47. The maximum Gasteiger partial charge on any atom is 0.170 e. The maximum absolute atomic E-state index is 12.9. The van der Waals surface area contributed by atoms with Crippen LogP contribution in [0.4, 0.5) is 10.1 Å². The van der Waals surface area contributed by atoms with Gasteiger partial charge in [-0.2, -0.15) is 0 Å². The summed E-state index contributed by atoms with van der Waals surface area (Å²) in [6, 6.07) is 13.7. The zero-order valence-corrected chi connectivity index (χ0v) is 11.1. The summed E-state index contributed by atoms with van der Waals surface area (Å²) in [4.78, 5) is 1.99. The molecule has 4 nitrogen and oxygen atoms in total. The van der Waals surface area contributed by atoms with Crippen molar-refractivity contribution in [3.8, 4) is 0 Å². The molecule has 0 amide bonds. The van der Waals surface area contributed by atoms with Crippen LogP contribution >= 0.6 is 0 Å². The van der Waals surface area contributed by atoms with Crippen molar-refractivity contribution in [3.05, 3.63) is 65.5 Å². The van der Waals surface area contributed by atoms with Crippen LogP contribution < -0.4 is 10.6 Å². The minimum Gasteiger partial charge on any atom is -0.409 e. The number of amidine groups is 1. The molecule has 0 aromatic heterocycles. The average molecular weight is 273 g/mol. The number of nitrogens with zero attached hydrogens (tertiary/aromatic N) is 2. The van der Waals surface area contributed by atoms with Crippen LogP contribution in [-0.2, 0) is 6.54 Å². The van der Waals surface area contributed by atoms with Gasteiger partial charge in [-0.3, -0.25) is 0 Å². The number of halogens is 1. The van der Waals surface area contributed by atoms with E-state index in [4.69, 9.17) is 10.9 Å². The third-order valence-electron chi connectivity index (χ3n) is 3.02. The van der Waals surface area contributed by atoms with Gasteiger partial charge in [-0.1, -0.05) is 23.4 Å². The molecule has 20 heavy (non-hydrogen) atoms. The van der Waals surface area contributed by atoms with Crippen molar-refractivity contribution in [2.24, 2.45) is 10.9 Å². The van der Waals surface area contributed by atoms with Gasteiger partial charge in [-0.15, -0.1) is 0 Å². The van der Waals surface area contributed by atoms with E-state index in [1.54, 1.807) is 18.2 Å². The molecule has 0 saturated carbocycles. The number of oxime groups is 1. The monoisotopic (exact) mass is 273 g/mol. The molecule has 0 aliphatic carbocycles. The summed E-state index contributed by atoms with van der Waals surface area (Å²) < 4.78 is 12.9. The molecule has 0 atom stereocenters. The second kappa shape index (κ2) is 6.06. The molecule has 0 bridgehead atoms. The molecular formula is C15H16FN3O. The van der Waals surface area contributed by atoms with Gasteiger partial charge >= 0.3 is 0 Å². The maximum atomic E-state index is 12.9. The Morgan fingerprint density at radius 2 is 1.95 bits per heavy atom. The molecule has 5 heteroatoms. The third kappa shape index (κ3) is 3.26. The molecule has 2 rings (SSSR count). The van der Waals surface area contributed by atoms with E-state index in [9.17, 15) is 4.39 Å². The lowest BCUT2D eigenvalue weighted by molar-refractivity contribution is 0.318. The summed E-state index contributed by atoms with van der Waals surface area (Å²) in [5.74, 6) is -0.174. The van der Waals surface area contributed by atoms with Crippen LogP contribution in [0, 0.1) is 5.82 Å². The molecule has 0 spiro atoms. The van der Waals surface area contributed by atoms with E-state index in [1.165, 1.54) is 12.1 Å². The fraction of sp³-hybridized carbons (Fsp3) is 0.133. The molecular weight excluding hydrogens is 257 g/mol. The van der Waals surface area contributed by atoms with E-state index in [0.29, 0.717) is 12.1 Å². The number of hydrogen-bond acceptors (Lipinski definition) is 3. The van der Waals surface area contributed by atoms with Gasteiger partial charge in [0.05, 0.1) is 0 Å². The lowest BCUT2D eigenvalue weighted by Crippen LogP contribution is -2.17. The first-order chi connectivity index (χ1) is 9.60. The van der Waals surface area contributed by atoms with Gasteiger partial charge in [0.15, 0.2) is 5.84 Å². The Morgan fingerprint density at radius 3 is 2.60 bits per heavy atom. The second-order valence-corrected chi connectivity index (χ2v) is 4.52. The Labute approximate surface area is 116 Å². The zero-order chi connectivity index (χ0) is 14.5. The first-order valence-electron chi connectivity index (χ1n) is 6.13. The SMILES string of the molecule is CN(Cc1cccc(C(N)=NO)c1)c1ccc(F)cc1. The summed E-state index contributed by atoms with van der Waals surface area (Å²) in [6.07, 6.45) is 0. The van der Waals surface area contributed by atoms with E-state index >= 15 is 0 Å². The van der Waals surface area contributed by atoms with Gasteiger partial charge in [0.2, 0.25) is 0 Å². The Hall–Kier alpha value is -2.56. The van der Waals surface area contributed by atoms with Crippen molar-refractivity contribution in [2.45, 2.75) is 6.54 Å². The van der Waals surface area contributed by atoms with Crippen LogP contribution in [0.5, 0.6) is 0 Å². The van der Waals surface area contributed by atoms with Gasteiger partial charge in [-0.25, -0.2) is 4.39 Å². The first kappa shape index (κ1) is 13.9. The first-order valence-corrected chi connectivity index (χ1v) is 6.13. The van der Waals surface area contributed by atoms with E-state index in [-0.39, 0.29) is 11.7 Å². The summed E-state index contributed by atoms with van der Waals surface area (Å²) in [7, 11) is 1.92. The second-order valence-electron chi connectivity index (χ2n) is 4.52. The predicted octanol–water partition coefficient (Wildman–Crippen LogP) is 2.56. The molecule has 0 heterocycles. The Kier molecular flexibility index (Phi) is 4.20. The number of hydrogen-bond donors (Lipinski definition) is 2. The molecule has 0 unspecified atom stereocenters. The van der Waals surface area contributed by atoms with Gasteiger partial charge < -0.3 is 15.8 Å². The highest BCUT2D eigenvalue weighted by atomic mass is 19.1. The lowest BCUT2D eigenvalue weighted by atomic mass is 10.1. The number of anilines is 1. The molecule has 0 aliphatic rings. The molecule has 2 aromatic rings. The van der Waals surface area contributed by atoms with Crippen LogP contribution in [0.3, 0.4) is 0 Å². The standard InChI is InChI=1S/C15H16FN3O/c1-19(14-7-5-13(16)6-8-14)10-11-3-2-4-12(9-11)15(17)18-20/h2-9,20H,10H2,1H3,(H2,17,18). The van der Waals surface area contributed by atoms with Crippen molar-refractivity contribution in [2.75, 3.05) is 11.9 Å². The van der Waals surface area contributed by atoms with E-state index in [0.717, 1.165) is 11.3 Å². The van der Waals surface area contributed by atoms with Gasteiger partial charge in [0.1, 0.15) is 5.82 Å². The zero-order valence-electron chi connectivity index (χ0n) is 11.1. The minimum atomic E-state index is -0.254. The molecule has 0 radical (unpaired) electrons. The highest BCUT2D eigenvalue weighted by Crippen LogP contribution is 2.16. The summed E-state index contributed by atoms with van der Waals surface area (Å²) >= 11 is 0. The lowest BCUT2D eigenvalue weighted by Gasteiger charge is -2.19. The number of rotatable bonds is 4. The van der Waals surface area contributed by atoms with Crippen LogP contribution in [0.25, 0.3) is 0 Å². The van der Waals surface area contributed by atoms with Crippen molar-refractivity contribution in [1.29, 1.82) is 0 Å². The van der Waals surface area contributed by atoms with Crippen molar-refractivity contribution < 1.29 is 9.60 Å².